The summed E-state index contributed by atoms with van der Waals surface area (Å²) in [6, 6.07) is 15.5. The lowest BCUT2D eigenvalue weighted by molar-refractivity contribution is -0.146. The first-order valence-electron chi connectivity index (χ1n) is 13.7. The van der Waals surface area contributed by atoms with Gasteiger partial charge in [-0.05, 0) is 42.8 Å². The average molecular weight is 544 g/mol. The minimum atomic E-state index is -1.37. The number of carbonyl (C=O) groups excluding carboxylic acids is 3. The lowest BCUT2D eigenvalue weighted by atomic mass is 9.73. The van der Waals surface area contributed by atoms with E-state index in [0.717, 1.165) is 5.69 Å². The largest absolute Gasteiger partial charge is 0.497 e. The van der Waals surface area contributed by atoms with Gasteiger partial charge in [0.2, 0.25) is 11.8 Å². The van der Waals surface area contributed by atoms with Crippen molar-refractivity contribution in [1.29, 1.82) is 0 Å². The maximum Gasteiger partial charge on any atom is 0.253 e. The number of aliphatic hydroxyl groups excluding tert-OH is 1. The molecule has 2 saturated heterocycles. The molecule has 0 radical (unpaired) electrons. The standard InChI is InChI=1S/C31H33N3O6/c1-3-30-15-7-17-32(21-9-5-4-6-10-21)27(36)24(30)25-28(37)34(19-20-35)26-29(38)33(18-8-16-31(25,26)40-30)22-11-13-23(39-2)14-12-22/h4-16,24-26,35H,3,17-20H2,1-2H3/t24-,25+,26?,30+,31+/m1/s1. The van der Waals surface area contributed by atoms with E-state index < -0.39 is 29.1 Å². The van der Waals surface area contributed by atoms with Crippen LogP contribution >= 0.6 is 0 Å². The van der Waals surface area contributed by atoms with Crippen LogP contribution in [0, 0.1) is 11.8 Å². The maximum atomic E-state index is 14.4. The Bertz CT molecular complexity index is 1380. The number of para-hydroxylation sites is 1. The second kappa shape index (κ2) is 9.91. The van der Waals surface area contributed by atoms with Crippen LogP contribution in [-0.4, -0.2) is 78.3 Å². The molecule has 40 heavy (non-hydrogen) atoms. The fourth-order valence-corrected chi connectivity index (χ4v) is 6.94. The molecule has 0 bridgehead atoms. The molecule has 208 valence electrons. The Labute approximate surface area is 233 Å². The van der Waals surface area contributed by atoms with Crippen molar-refractivity contribution in [3.63, 3.8) is 0 Å². The van der Waals surface area contributed by atoms with Crippen molar-refractivity contribution in [3.05, 3.63) is 78.9 Å². The zero-order valence-corrected chi connectivity index (χ0v) is 22.6. The number of benzene rings is 2. The molecule has 9 heteroatoms. The van der Waals surface area contributed by atoms with Gasteiger partial charge >= 0.3 is 0 Å². The van der Waals surface area contributed by atoms with Gasteiger partial charge < -0.3 is 29.3 Å². The van der Waals surface area contributed by atoms with E-state index in [1.165, 1.54) is 4.90 Å². The zero-order valence-electron chi connectivity index (χ0n) is 22.6. The van der Waals surface area contributed by atoms with Crippen molar-refractivity contribution in [1.82, 2.24) is 4.90 Å². The molecule has 4 aliphatic rings. The molecule has 2 fully saturated rings. The van der Waals surface area contributed by atoms with Gasteiger partial charge in [0, 0.05) is 31.0 Å². The fourth-order valence-electron chi connectivity index (χ4n) is 6.94. The molecule has 2 aromatic rings. The molecule has 1 spiro atoms. The van der Waals surface area contributed by atoms with Gasteiger partial charge in [-0.3, -0.25) is 14.4 Å². The number of β-amino-alcohol motifs (C(OH)–C–C–N with tert-alkyl or cyclic N) is 1. The van der Waals surface area contributed by atoms with Crippen LogP contribution in [0.1, 0.15) is 13.3 Å². The number of ether oxygens (including phenoxy) is 2. The Morgan fingerprint density at radius 1 is 0.875 bits per heavy atom. The van der Waals surface area contributed by atoms with Crippen molar-refractivity contribution < 1.29 is 29.0 Å². The number of amides is 3. The van der Waals surface area contributed by atoms with E-state index >= 15 is 0 Å². The number of nitrogens with zero attached hydrogens (tertiary/aromatic N) is 3. The molecule has 2 aromatic carbocycles. The molecule has 0 saturated carbocycles. The summed E-state index contributed by atoms with van der Waals surface area (Å²) in [6.07, 6.45) is 7.95. The molecule has 6 rings (SSSR count). The number of methoxy groups -OCH3 is 1. The van der Waals surface area contributed by atoms with Crippen molar-refractivity contribution >= 4 is 29.1 Å². The van der Waals surface area contributed by atoms with Gasteiger partial charge in [0.25, 0.3) is 5.91 Å². The predicted octanol–water partition coefficient (Wildman–Crippen LogP) is 2.55. The first-order valence-corrected chi connectivity index (χ1v) is 13.7. The number of hydrogen-bond acceptors (Lipinski definition) is 6. The number of fused-ring (bicyclic) bond motifs is 2. The van der Waals surface area contributed by atoms with Crippen LogP contribution in [0.2, 0.25) is 0 Å². The fraction of sp³-hybridized carbons (Fsp3) is 0.387. The smallest absolute Gasteiger partial charge is 0.253 e. The van der Waals surface area contributed by atoms with E-state index in [0.29, 0.717) is 24.4 Å². The molecule has 9 nitrogen and oxygen atoms in total. The van der Waals surface area contributed by atoms with Crippen LogP contribution in [0.15, 0.2) is 78.9 Å². The highest BCUT2D eigenvalue weighted by Gasteiger charge is 2.75. The van der Waals surface area contributed by atoms with Crippen LogP contribution < -0.4 is 14.5 Å². The van der Waals surface area contributed by atoms with Gasteiger partial charge in [0.05, 0.1) is 31.2 Å². The van der Waals surface area contributed by atoms with E-state index in [4.69, 9.17) is 9.47 Å². The van der Waals surface area contributed by atoms with Gasteiger partial charge in [-0.1, -0.05) is 49.4 Å². The molecular weight excluding hydrogens is 510 g/mol. The average Bonchev–Trinajstić information content (AvgIpc) is 3.26. The number of carbonyl (C=O) groups is 3. The minimum absolute atomic E-state index is 0.0422. The van der Waals surface area contributed by atoms with Gasteiger partial charge in [-0.15, -0.1) is 0 Å². The predicted molar refractivity (Wildman–Crippen MR) is 149 cm³/mol. The van der Waals surface area contributed by atoms with E-state index in [1.54, 1.807) is 41.2 Å². The quantitative estimate of drug-likeness (QED) is 0.563. The van der Waals surface area contributed by atoms with E-state index in [2.05, 4.69) is 0 Å². The third-order valence-corrected chi connectivity index (χ3v) is 8.73. The Morgan fingerprint density at radius 3 is 2.17 bits per heavy atom. The maximum absolute atomic E-state index is 14.4. The topological polar surface area (TPSA) is 99.6 Å². The number of rotatable bonds is 6. The lowest BCUT2D eigenvalue weighted by Gasteiger charge is -2.38. The summed E-state index contributed by atoms with van der Waals surface area (Å²) in [7, 11) is 1.58. The highest BCUT2D eigenvalue weighted by molar-refractivity contribution is 6.07. The molecule has 5 atom stereocenters. The minimum Gasteiger partial charge on any atom is -0.497 e. The van der Waals surface area contributed by atoms with Gasteiger partial charge in [-0.25, -0.2) is 0 Å². The normalized spacial score (nSPS) is 31.1. The van der Waals surface area contributed by atoms with E-state index in [1.807, 2.05) is 61.6 Å². The first kappa shape index (κ1) is 26.3. The monoisotopic (exact) mass is 543 g/mol. The third kappa shape index (κ3) is 3.72. The van der Waals surface area contributed by atoms with Gasteiger partial charge in [0.1, 0.15) is 17.4 Å². The molecule has 0 aliphatic carbocycles. The Balaban J connectivity index is 1.47. The molecular formula is C31H33N3O6. The lowest BCUT2D eigenvalue weighted by Crippen LogP contribution is -2.56. The summed E-state index contributed by atoms with van der Waals surface area (Å²) in [4.78, 5) is 47.7. The van der Waals surface area contributed by atoms with Gasteiger partial charge in [0.15, 0.2) is 0 Å². The third-order valence-electron chi connectivity index (χ3n) is 8.73. The zero-order chi connectivity index (χ0) is 28.1. The second-order valence-corrected chi connectivity index (χ2v) is 10.6. The van der Waals surface area contributed by atoms with Crippen molar-refractivity contribution in [3.8, 4) is 5.75 Å². The molecule has 1 N–H and O–H groups in total. The first-order chi connectivity index (χ1) is 19.4. The van der Waals surface area contributed by atoms with Crippen molar-refractivity contribution in [2.75, 3.05) is 43.2 Å². The summed E-state index contributed by atoms with van der Waals surface area (Å²) in [5, 5.41) is 9.93. The molecule has 1 unspecified atom stereocenters. The number of likely N-dealkylation sites (tertiary alicyclic amines) is 1. The van der Waals surface area contributed by atoms with Crippen LogP contribution in [0.3, 0.4) is 0 Å². The van der Waals surface area contributed by atoms with Crippen LogP contribution in [0.5, 0.6) is 5.75 Å². The summed E-state index contributed by atoms with van der Waals surface area (Å²) < 4.78 is 12.2. The molecule has 4 aliphatic heterocycles. The molecule has 3 amide bonds. The number of aliphatic hydroxyl groups is 1. The van der Waals surface area contributed by atoms with E-state index in [-0.39, 0.29) is 37.4 Å². The Kier molecular flexibility index (Phi) is 6.51. The van der Waals surface area contributed by atoms with Crippen LogP contribution in [-0.2, 0) is 19.1 Å². The Morgan fingerprint density at radius 2 is 1.52 bits per heavy atom. The summed E-state index contributed by atoms with van der Waals surface area (Å²) in [5.41, 5.74) is -1.05. The Hall–Kier alpha value is -3.95. The molecule has 0 aromatic heterocycles. The SMILES string of the molecule is CC[C@]12C=CCN(c3ccccc3)C(=O)[C@H]1[C@H]1C(=O)N(CCO)C3C(=O)N(c4ccc(OC)cc4)CC=C[C@@]31O2. The summed E-state index contributed by atoms with van der Waals surface area (Å²) in [6.45, 7) is 2.20. The van der Waals surface area contributed by atoms with Crippen LogP contribution in [0.25, 0.3) is 0 Å². The highest BCUT2D eigenvalue weighted by atomic mass is 16.5. The van der Waals surface area contributed by atoms with Crippen molar-refractivity contribution in [2.45, 2.75) is 30.6 Å². The highest BCUT2D eigenvalue weighted by Crippen LogP contribution is 2.58. The van der Waals surface area contributed by atoms with Gasteiger partial charge in [-0.2, -0.15) is 0 Å². The van der Waals surface area contributed by atoms with Crippen molar-refractivity contribution in [2.24, 2.45) is 11.8 Å². The summed E-state index contributed by atoms with van der Waals surface area (Å²) in [5.74, 6) is -2.01. The van der Waals surface area contributed by atoms with E-state index in [9.17, 15) is 19.5 Å². The number of hydrogen-bond donors (Lipinski definition) is 1. The summed E-state index contributed by atoms with van der Waals surface area (Å²) >= 11 is 0. The molecule has 4 heterocycles. The number of anilines is 2. The second-order valence-electron chi connectivity index (χ2n) is 10.6. The van der Waals surface area contributed by atoms with Crippen LogP contribution in [0.4, 0.5) is 11.4 Å².